The molecule has 1 heterocycles. The van der Waals surface area contributed by atoms with Gasteiger partial charge in [-0.3, -0.25) is 9.69 Å². The van der Waals surface area contributed by atoms with E-state index in [1.54, 1.807) is 24.3 Å². The van der Waals surface area contributed by atoms with E-state index in [0.29, 0.717) is 17.5 Å². The number of nitrogens with zero attached hydrogens (tertiary/aromatic N) is 2. The molecule has 1 aliphatic heterocycles. The zero-order valence-electron chi connectivity index (χ0n) is 11.4. The van der Waals surface area contributed by atoms with Gasteiger partial charge in [-0.25, -0.2) is 4.79 Å². The molecule has 20 heavy (non-hydrogen) atoms. The number of imide groups is 1. The molecular formula is C15H17N3O2. The van der Waals surface area contributed by atoms with Gasteiger partial charge in [-0.1, -0.05) is 38.0 Å². The van der Waals surface area contributed by atoms with Crippen LogP contribution in [0.1, 0.15) is 37.3 Å². The molecule has 5 heteroatoms. The summed E-state index contributed by atoms with van der Waals surface area (Å²) in [4.78, 5) is 25.2. The molecule has 0 radical (unpaired) electrons. The molecular weight excluding hydrogens is 254 g/mol. The molecule has 1 fully saturated rings. The van der Waals surface area contributed by atoms with Crippen molar-refractivity contribution in [1.29, 1.82) is 5.26 Å². The van der Waals surface area contributed by atoms with Crippen molar-refractivity contribution >= 4 is 11.9 Å². The van der Waals surface area contributed by atoms with Crippen molar-refractivity contribution in [2.24, 2.45) is 0 Å². The fourth-order valence-corrected chi connectivity index (χ4v) is 2.27. The smallest absolute Gasteiger partial charge is 0.325 e. The van der Waals surface area contributed by atoms with Crippen LogP contribution in [0.5, 0.6) is 0 Å². The molecule has 1 atom stereocenters. The quantitative estimate of drug-likeness (QED) is 0.834. The number of amides is 3. The maximum absolute atomic E-state index is 12.2. The second-order valence-corrected chi connectivity index (χ2v) is 4.84. The lowest BCUT2D eigenvalue weighted by Crippen LogP contribution is -2.31. The first kappa shape index (κ1) is 14.1. The molecule has 104 valence electrons. The first-order valence-electron chi connectivity index (χ1n) is 6.77. The van der Waals surface area contributed by atoms with Gasteiger partial charge in [0.15, 0.2) is 0 Å². The third-order valence-corrected chi connectivity index (χ3v) is 3.42. The molecule has 1 N–H and O–H groups in total. The number of rotatable bonds is 5. The Balaban J connectivity index is 2.12. The number of nitrogens with one attached hydrogen (secondary N) is 1. The lowest BCUT2D eigenvalue weighted by molar-refractivity contribution is -0.128. The van der Waals surface area contributed by atoms with Crippen molar-refractivity contribution in [3.8, 4) is 6.07 Å². The lowest BCUT2D eigenvalue weighted by Gasteiger charge is -2.13. The molecule has 3 amide bonds. The summed E-state index contributed by atoms with van der Waals surface area (Å²) in [7, 11) is 0. The summed E-state index contributed by atoms with van der Waals surface area (Å²) in [6.07, 6.45) is 2.55. The van der Waals surface area contributed by atoms with Crippen LogP contribution < -0.4 is 5.32 Å². The standard InChI is InChI=1S/C15H17N3O2/c1-2-3-8-13-14(19)18(15(20)17-13)10-12-7-5-4-6-11(12)9-16/h4-7,13H,2-3,8,10H2,1H3,(H,17,20)/t13-/m0/s1. The van der Waals surface area contributed by atoms with E-state index in [4.69, 9.17) is 5.26 Å². The van der Waals surface area contributed by atoms with E-state index in [0.717, 1.165) is 12.8 Å². The van der Waals surface area contributed by atoms with Gasteiger partial charge < -0.3 is 5.32 Å². The first-order chi connectivity index (χ1) is 9.67. The van der Waals surface area contributed by atoms with Crippen molar-refractivity contribution in [2.75, 3.05) is 0 Å². The van der Waals surface area contributed by atoms with Gasteiger partial charge in [0.25, 0.3) is 5.91 Å². The van der Waals surface area contributed by atoms with Gasteiger partial charge >= 0.3 is 6.03 Å². The average molecular weight is 271 g/mol. The second-order valence-electron chi connectivity index (χ2n) is 4.84. The highest BCUT2D eigenvalue weighted by Gasteiger charge is 2.37. The lowest BCUT2D eigenvalue weighted by atomic mass is 10.1. The molecule has 1 aromatic carbocycles. The van der Waals surface area contributed by atoms with Crippen LogP contribution in [-0.2, 0) is 11.3 Å². The number of hydrogen-bond donors (Lipinski definition) is 1. The molecule has 0 bridgehead atoms. The summed E-state index contributed by atoms with van der Waals surface area (Å²) >= 11 is 0. The molecule has 0 saturated carbocycles. The fraction of sp³-hybridized carbons (Fsp3) is 0.400. The predicted molar refractivity (Wildman–Crippen MR) is 73.6 cm³/mol. The molecule has 0 unspecified atom stereocenters. The zero-order valence-corrected chi connectivity index (χ0v) is 11.4. The number of carbonyl (C=O) groups is 2. The summed E-state index contributed by atoms with van der Waals surface area (Å²) in [6.45, 7) is 2.19. The summed E-state index contributed by atoms with van der Waals surface area (Å²) in [5.74, 6) is -0.198. The van der Waals surface area contributed by atoms with Crippen molar-refractivity contribution < 1.29 is 9.59 Å². The van der Waals surface area contributed by atoms with Crippen LogP contribution in [-0.4, -0.2) is 22.9 Å². The number of nitriles is 1. The molecule has 1 aromatic rings. The largest absolute Gasteiger partial charge is 0.326 e. The zero-order chi connectivity index (χ0) is 14.5. The molecule has 1 aliphatic rings. The average Bonchev–Trinajstić information content (AvgIpc) is 2.73. The molecule has 0 aromatic heterocycles. The van der Waals surface area contributed by atoms with Crippen molar-refractivity contribution in [3.05, 3.63) is 35.4 Å². The monoisotopic (exact) mass is 271 g/mol. The summed E-state index contributed by atoms with van der Waals surface area (Å²) in [5, 5.41) is 11.7. The molecule has 1 saturated heterocycles. The maximum Gasteiger partial charge on any atom is 0.325 e. The van der Waals surface area contributed by atoms with E-state index in [2.05, 4.69) is 11.4 Å². The highest BCUT2D eigenvalue weighted by atomic mass is 16.2. The molecule has 0 spiro atoms. The highest BCUT2D eigenvalue weighted by molar-refractivity contribution is 6.04. The third kappa shape index (κ3) is 2.80. The summed E-state index contributed by atoms with van der Waals surface area (Å²) < 4.78 is 0. The number of benzene rings is 1. The van der Waals surface area contributed by atoms with E-state index >= 15 is 0 Å². The van der Waals surface area contributed by atoms with Crippen LogP contribution in [0.2, 0.25) is 0 Å². The van der Waals surface area contributed by atoms with E-state index in [-0.39, 0.29) is 18.5 Å². The Morgan fingerprint density at radius 3 is 2.80 bits per heavy atom. The maximum atomic E-state index is 12.2. The number of carbonyl (C=O) groups excluding carboxylic acids is 2. The molecule has 2 rings (SSSR count). The van der Waals surface area contributed by atoms with Crippen molar-refractivity contribution in [2.45, 2.75) is 38.8 Å². The van der Waals surface area contributed by atoms with E-state index in [1.807, 2.05) is 6.92 Å². The minimum Gasteiger partial charge on any atom is -0.326 e. The van der Waals surface area contributed by atoms with Crippen LogP contribution in [0.4, 0.5) is 4.79 Å². The van der Waals surface area contributed by atoms with Crippen molar-refractivity contribution in [3.63, 3.8) is 0 Å². The van der Waals surface area contributed by atoms with Gasteiger partial charge in [0.2, 0.25) is 0 Å². The second kappa shape index (κ2) is 6.20. The van der Waals surface area contributed by atoms with Crippen molar-refractivity contribution in [1.82, 2.24) is 10.2 Å². The normalized spacial score (nSPS) is 18.0. The Morgan fingerprint density at radius 2 is 2.10 bits per heavy atom. The minimum absolute atomic E-state index is 0.150. The van der Waals surface area contributed by atoms with Crippen LogP contribution in [0.15, 0.2) is 24.3 Å². The van der Waals surface area contributed by atoms with Crippen LogP contribution in [0.25, 0.3) is 0 Å². The predicted octanol–water partition coefficient (Wildman–Crippen LogP) is 2.17. The van der Waals surface area contributed by atoms with Gasteiger partial charge in [0, 0.05) is 0 Å². The number of urea groups is 1. The third-order valence-electron chi connectivity index (χ3n) is 3.42. The molecule has 5 nitrogen and oxygen atoms in total. The highest BCUT2D eigenvalue weighted by Crippen LogP contribution is 2.17. The summed E-state index contributed by atoms with van der Waals surface area (Å²) in [6, 6.07) is 8.29. The van der Waals surface area contributed by atoms with E-state index in [1.165, 1.54) is 4.90 Å². The number of hydrogen-bond acceptors (Lipinski definition) is 3. The minimum atomic E-state index is -0.420. The Kier molecular flexibility index (Phi) is 4.36. The van der Waals surface area contributed by atoms with E-state index in [9.17, 15) is 9.59 Å². The first-order valence-corrected chi connectivity index (χ1v) is 6.77. The van der Waals surface area contributed by atoms with Gasteiger partial charge in [0.1, 0.15) is 6.04 Å². The van der Waals surface area contributed by atoms with Crippen LogP contribution in [0, 0.1) is 11.3 Å². The van der Waals surface area contributed by atoms with E-state index < -0.39 is 6.04 Å². The Morgan fingerprint density at radius 1 is 1.35 bits per heavy atom. The van der Waals surface area contributed by atoms with Crippen LogP contribution >= 0.6 is 0 Å². The Bertz CT molecular complexity index is 562. The fourth-order valence-electron chi connectivity index (χ4n) is 2.27. The topological polar surface area (TPSA) is 73.2 Å². The van der Waals surface area contributed by atoms with Crippen LogP contribution in [0.3, 0.4) is 0 Å². The summed E-state index contributed by atoms with van der Waals surface area (Å²) in [5.41, 5.74) is 1.18. The van der Waals surface area contributed by atoms with Gasteiger partial charge in [-0.15, -0.1) is 0 Å². The van der Waals surface area contributed by atoms with Gasteiger partial charge in [-0.2, -0.15) is 5.26 Å². The van der Waals surface area contributed by atoms with Gasteiger partial charge in [0.05, 0.1) is 18.2 Å². The Labute approximate surface area is 118 Å². The van der Waals surface area contributed by atoms with Gasteiger partial charge in [-0.05, 0) is 18.1 Å². The number of unbranched alkanes of at least 4 members (excludes halogenated alkanes) is 1. The Hall–Kier alpha value is -2.35. The molecule has 0 aliphatic carbocycles. The SMILES string of the molecule is CCCC[C@@H]1NC(=O)N(Cc2ccccc2C#N)C1=O.